The number of phenolic OH excluding ortho intramolecular Hbond substituents is 1. The highest BCUT2D eigenvalue weighted by atomic mass is 19.4. The van der Waals surface area contributed by atoms with E-state index in [0.29, 0.717) is 11.6 Å². The number of aliphatic imine (C=N–C) groups is 1. The van der Waals surface area contributed by atoms with Crippen LogP contribution in [0.4, 0.5) is 17.6 Å². The SMILES string of the molecule is O=[N+]([O-])C1=NC(c2ccc(O)cc2)(c2ccncn2)C=C1c1ccc(C(F)(F)F)cc1F. The van der Waals surface area contributed by atoms with Crippen molar-refractivity contribution in [1.82, 2.24) is 9.97 Å². The Morgan fingerprint density at radius 1 is 1.06 bits per heavy atom. The minimum atomic E-state index is -4.78. The third-order valence-electron chi connectivity index (χ3n) is 4.92. The molecule has 1 N–H and O–H groups in total. The van der Waals surface area contributed by atoms with E-state index in [2.05, 4.69) is 15.0 Å². The summed E-state index contributed by atoms with van der Waals surface area (Å²) in [5.74, 6) is -2.10. The lowest BCUT2D eigenvalue weighted by Crippen LogP contribution is -2.23. The van der Waals surface area contributed by atoms with Gasteiger partial charge in [-0.2, -0.15) is 13.2 Å². The van der Waals surface area contributed by atoms with Gasteiger partial charge in [-0.1, -0.05) is 11.1 Å². The van der Waals surface area contributed by atoms with Crippen molar-refractivity contribution in [2.45, 2.75) is 11.7 Å². The topological polar surface area (TPSA) is 102 Å². The number of benzene rings is 2. The number of hydrogen-bond acceptors (Lipinski definition) is 6. The van der Waals surface area contributed by atoms with Gasteiger partial charge < -0.3 is 15.2 Å². The highest BCUT2D eigenvalue weighted by molar-refractivity contribution is 6.21. The van der Waals surface area contributed by atoms with Gasteiger partial charge in [0.05, 0.1) is 11.1 Å². The van der Waals surface area contributed by atoms with Crippen LogP contribution in [0.2, 0.25) is 0 Å². The van der Waals surface area contributed by atoms with Crippen molar-refractivity contribution < 1.29 is 27.6 Å². The van der Waals surface area contributed by atoms with Gasteiger partial charge in [-0.25, -0.2) is 14.4 Å². The van der Waals surface area contributed by atoms with Crippen LogP contribution in [0.5, 0.6) is 5.75 Å². The van der Waals surface area contributed by atoms with Crippen molar-refractivity contribution in [2.75, 3.05) is 0 Å². The Balaban J connectivity index is 1.97. The molecule has 0 spiro atoms. The molecule has 4 rings (SSSR count). The molecular weight excluding hydrogens is 432 g/mol. The molecule has 1 atom stereocenters. The molecule has 11 heteroatoms. The maximum absolute atomic E-state index is 14.7. The zero-order valence-corrected chi connectivity index (χ0v) is 15.9. The van der Waals surface area contributed by atoms with Crippen molar-refractivity contribution in [3.05, 3.63) is 105 Å². The van der Waals surface area contributed by atoms with Crippen LogP contribution in [-0.4, -0.2) is 25.8 Å². The van der Waals surface area contributed by atoms with Crippen LogP contribution in [0.3, 0.4) is 0 Å². The van der Waals surface area contributed by atoms with Gasteiger partial charge in [-0.15, -0.1) is 0 Å². The van der Waals surface area contributed by atoms with Crippen LogP contribution in [0.1, 0.15) is 22.4 Å². The monoisotopic (exact) mass is 444 g/mol. The summed E-state index contributed by atoms with van der Waals surface area (Å²) in [6, 6.07) is 8.80. The summed E-state index contributed by atoms with van der Waals surface area (Å²) < 4.78 is 53.5. The van der Waals surface area contributed by atoms with Gasteiger partial charge in [-0.05, 0) is 53.5 Å². The summed E-state index contributed by atoms with van der Waals surface area (Å²) in [4.78, 5) is 23.1. The van der Waals surface area contributed by atoms with Gasteiger partial charge in [0.1, 0.15) is 23.6 Å². The molecule has 0 bridgehead atoms. The largest absolute Gasteiger partial charge is 0.508 e. The number of hydrogen-bond donors (Lipinski definition) is 1. The second-order valence-corrected chi connectivity index (χ2v) is 6.85. The zero-order chi connectivity index (χ0) is 23.1. The molecule has 0 amide bonds. The molecule has 1 unspecified atom stereocenters. The van der Waals surface area contributed by atoms with Crippen LogP contribution in [0.25, 0.3) is 5.57 Å². The average Bonchev–Trinajstić information content (AvgIpc) is 3.16. The Labute approximate surface area is 177 Å². The van der Waals surface area contributed by atoms with Crippen LogP contribution >= 0.6 is 0 Å². The normalized spacial score (nSPS) is 18.2. The van der Waals surface area contributed by atoms with E-state index in [0.717, 1.165) is 6.07 Å². The molecule has 1 aliphatic rings. The fourth-order valence-electron chi connectivity index (χ4n) is 3.44. The molecule has 0 radical (unpaired) electrons. The number of halogens is 4. The fourth-order valence-corrected chi connectivity index (χ4v) is 3.44. The van der Waals surface area contributed by atoms with Gasteiger partial charge in [0.25, 0.3) is 0 Å². The smallest absolute Gasteiger partial charge is 0.416 e. The van der Waals surface area contributed by atoms with E-state index in [-0.39, 0.29) is 23.1 Å². The number of aromatic nitrogens is 2. The first kappa shape index (κ1) is 21.1. The van der Waals surface area contributed by atoms with Crippen LogP contribution in [0.15, 0.2) is 72.1 Å². The summed E-state index contributed by atoms with van der Waals surface area (Å²) in [7, 11) is 0. The van der Waals surface area contributed by atoms with Crippen molar-refractivity contribution >= 4 is 11.4 Å². The summed E-state index contributed by atoms with van der Waals surface area (Å²) in [6.07, 6.45) is -0.925. The first-order valence-corrected chi connectivity index (χ1v) is 9.02. The molecule has 0 saturated carbocycles. The number of nitro groups is 1. The molecule has 7 nitrogen and oxygen atoms in total. The minimum absolute atomic E-state index is 0.0685. The number of nitrogens with zero attached hydrogens (tertiary/aromatic N) is 4. The Morgan fingerprint density at radius 3 is 2.34 bits per heavy atom. The van der Waals surface area contributed by atoms with E-state index in [1.807, 2.05) is 0 Å². The Bertz CT molecular complexity index is 1260. The number of alkyl halides is 3. The van der Waals surface area contributed by atoms with Gasteiger partial charge >= 0.3 is 12.0 Å². The van der Waals surface area contributed by atoms with E-state index < -0.39 is 39.4 Å². The predicted molar refractivity (Wildman–Crippen MR) is 105 cm³/mol. The third-order valence-corrected chi connectivity index (χ3v) is 4.92. The van der Waals surface area contributed by atoms with E-state index >= 15 is 0 Å². The Hall–Kier alpha value is -4.15. The average molecular weight is 444 g/mol. The van der Waals surface area contributed by atoms with E-state index in [9.17, 15) is 32.8 Å². The molecule has 0 saturated heterocycles. The first-order chi connectivity index (χ1) is 15.1. The van der Waals surface area contributed by atoms with E-state index in [1.54, 1.807) is 0 Å². The molecule has 1 aromatic heterocycles. The standard InChI is InChI=1S/C21H12F4N4O3/c22-17-9-13(21(23,24)25)3-6-15(17)16-10-20(28-19(16)29(31)32,18-7-8-26-11-27-18)12-1-4-14(30)5-2-12/h1-11,30H. The zero-order valence-electron chi connectivity index (χ0n) is 15.9. The summed E-state index contributed by atoms with van der Waals surface area (Å²) >= 11 is 0. The lowest BCUT2D eigenvalue weighted by atomic mass is 9.86. The molecule has 2 heterocycles. The minimum Gasteiger partial charge on any atom is -0.508 e. The van der Waals surface area contributed by atoms with Gasteiger partial charge in [-0.3, -0.25) is 0 Å². The first-order valence-electron chi connectivity index (χ1n) is 9.02. The molecule has 32 heavy (non-hydrogen) atoms. The summed E-state index contributed by atoms with van der Waals surface area (Å²) in [5, 5.41) is 21.4. The lowest BCUT2D eigenvalue weighted by molar-refractivity contribution is -0.347. The maximum Gasteiger partial charge on any atom is 0.416 e. The van der Waals surface area contributed by atoms with Crippen LogP contribution in [0, 0.1) is 15.9 Å². The molecule has 0 fully saturated rings. The second kappa shape index (κ2) is 7.52. The molecule has 0 aliphatic carbocycles. The summed E-state index contributed by atoms with van der Waals surface area (Å²) in [6.45, 7) is 0. The molecule has 3 aromatic rings. The third kappa shape index (κ3) is 3.57. The molecule has 1 aliphatic heterocycles. The van der Waals surface area contributed by atoms with Crippen LogP contribution < -0.4 is 0 Å². The molecule has 162 valence electrons. The predicted octanol–water partition coefficient (Wildman–Crippen LogP) is 4.36. The second-order valence-electron chi connectivity index (χ2n) is 6.85. The summed E-state index contributed by atoms with van der Waals surface area (Å²) in [5.41, 5.74) is -2.96. The quantitative estimate of drug-likeness (QED) is 0.368. The van der Waals surface area contributed by atoms with Gasteiger partial charge in [0.15, 0.2) is 0 Å². The van der Waals surface area contributed by atoms with Crippen molar-refractivity contribution in [2.24, 2.45) is 4.99 Å². The van der Waals surface area contributed by atoms with Crippen molar-refractivity contribution in [1.29, 1.82) is 0 Å². The molecule has 2 aromatic carbocycles. The van der Waals surface area contributed by atoms with E-state index in [4.69, 9.17) is 0 Å². The van der Waals surface area contributed by atoms with Crippen molar-refractivity contribution in [3.8, 4) is 5.75 Å². The fraction of sp³-hybridized carbons (Fsp3) is 0.0952. The number of rotatable bonds is 3. The number of amidine groups is 1. The van der Waals surface area contributed by atoms with Crippen molar-refractivity contribution in [3.63, 3.8) is 0 Å². The lowest BCUT2D eigenvalue weighted by Gasteiger charge is -2.18. The maximum atomic E-state index is 14.7. The van der Waals surface area contributed by atoms with E-state index in [1.165, 1.54) is 48.9 Å². The Morgan fingerprint density at radius 2 is 1.78 bits per heavy atom. The highest BCUT2D eigenvalue weighted by Crippen LogP contribution is 2.43. The highest BCUT2D eigenvalue weighted by Gasteiger charge is 2.48. The Kier molecular flexibility index (Phi) is 4.96. The van der Waals surface area contributed by atoms with Crippen LogP contribution in [-0.2, 0) is 11.7 Å². The van der Waals surface area contributed by atoms with Gasteiger partial charge in [0, 0.05) is 17.3 Å². The number of phenols is 1. The molecular formula is C21H12F4N4O3. The van der Waals surface area contributed by atoms with Gasteiger partial charge in [0.2, 0.25) is 5.54 Å². The number of aromatic hydroxyl groups is 1.